The number of nitrogens with zero attached hydrogens (tertiary/aromatic N) is 2. The van der Waals surface area contributed by atoms with Gasteiger partial charge in [0, 0.05) is 72.1 Å². The van der Waals surface area contributed by atoms with E-state index in [-0.39, 0.29) is 0 Å². The molecule has 1 aliphatic carbocycles. The van der Waals surface area contributed by atoms with Gasteiger partial charge in [-0.15, -0.1) is 0 Å². The SMILES string of the molecule is COc1ccc2[nH]cc(C3CCC(N4CCN(c5cccc6[nH]ccc56)CC4)CC3)c2c1. The molecule has 4 aromatic rings. The summed E-state index contributed by atoms with van der Waals surface area (Å²) in [4.78, 5) is 12.1. The zero-order valence-electron chi connectivity index (χ0n) is 18.8. The predicted octanol–water partition coefficient (Wildman–Crippen LogP) is 5.51. The van der Waals surface area contributed by atoms with Gasteiger partial charge in [0.1, 0.15) is 5.75 Å². The summed E-state index contributed by atoms with van der Waals surface area (Å²) in [5.74, 6) is 1.60. The second-order valence-corrected chi connectivity index (χ2v) is 9.40. The van der Waals surface area contributed by atoms with Crippen LogP contribution in [0.2, 0.25) is 0 Å². The van der Waals surface area contributed by atoms with E-state index in [1.807, 2.05) is 12.3 Å². The van der Waals surface area contributed by atoms with Crippen molar-refractivity contribution in [3.63, 3.8) is 0 Å². The highest BCUT2D eigenvalue weighted by Gasteiger charge is 2.30. The molecule has 2 fully saturated rings. The monoisotopic (exact) mass is 428 g/mol. The Labute approximate surface area is 189 Å². The number of rotatable bonds is 4. The van der Waals surface area contributed by atoms with E-state index in [2.05, 4.69) is 62.4 Å². The summed E-state index contributed by atoms with van der Waals surface area (Å²) in [5, 5.41) is 2.68. The molecule has 0 atom stereocenters. The molecule has 0 radical (unpaired) electrons. The van der Waals surface area contributed by atoms with Crippen LogP contribution < -0.4 is 9.64 Å². The standard InChI is InChI=1S/C27H32N4O/c1-32-21-9-10-26-23(17-21)24(18-29-26)19-5-7-20(8-6-19)30-13-15-31(16-14-30)27-4-2-3-25-22(27)11-12-28-25/h2-4,9-12,17-20,28-29H,5-8,13-16H2,1H3. The molecule has 5 nitrogen and oxygen atoms in total. The Morgan fingerprint density at radius 2 is 1.66 bits per heavy atom. The highest BCUT2D eigenvalue weighted by molar-refractivity contribution is 5.92. The van der Waals surface area contributed by atoms with Crippen LogP contribution in [-0.2, 0) is 0 Å². The van der Waals surface area contributed by atoms with E-state index in [4.69, 9.17) is 4.74 Å². The molecule has 0 bridgehead atoms. The maximum Gasteiger partial charge on any atom is 0.119 e. The second kappa shape index (κ2) is 8.21. The number of aromatic nitrogens is 2. The first-order chi connectivity index (χ1) is 15.8. The molecule has 6 rings (SSSR count). The molecule has 2 N–H and O–H groups in total. The zero-order valence-corrected chi connectivity index (χ0v) is 18.8. The molecule has 1 saturated carbocycles. The quantitative estimate of drug-likeness (QED) is 0.451. The van der Waals surface area contributed by atoms with Crippen LogP contribution >= 0.6 is 0 Å². The maximum absolute atomic E-state index is 5.46. The van der Waals surface area contributed by atoms with Gasteiger partial charge in [-0.1, -0.05) is 6.07 Å². The van der Waals surface area contributed by atoms with Gasteiger partial charge < -0.3 is 19.6 Å². The number of nitrogens with one attached hydrogen (secondary N) is 2. The smallest absolute Gasteiger partial charge is 0.119 e. The van der Waals surface area contributed by atoms with Crippen molar-refractivity contribution in [1.29, 1.82) is 0 Å². The van der Waals surface area contributed by atoms with Crippen molar-refractivity contribution in [3.05, 3.63) is 60.4 Å². The van der Waals surface area contributed by atoms with E-state index < -0.39 is 0 Å². The molecule has 2 aliphatic rings. The van der Waals surface area contributed by atoms with Gasteiger partial charge in [-0.25, -0.2) is 0 Å². The van der Waals surface area contributed by atoms with Crippen LogP contribution in [0.1, 0.15) is 37.2 Å². The molecule has 0 spiro atoms. The first-order valence-corrected chi connectivity index (χ1v) is 12.0. The number of hydrogen-bond acceptors (Lipinski definition) is 3. The number of hydrogen-bond donors (Lipinski definition) is 2. The summed E-state index contributed by atoms with van der Waals surface area (Å²) < 4.78 is 5.46. The lowest BCUT2D eigenvalue weighted by atomic mass is 9.81. The molecule has 5 heteroatoms. The Morgan fingerprint density at radius 1 is 0.844 bits per heavy atom. The third-order valence-corrected chi connectivity index (χ3v) is 7.80. The Kier molecular flexibility index (Phi) is 5.07. The highest BCUT2D eigenvalue weighted by atomic mass is 16.5. The summed E-state index contributed by atoms with van der Waals surface area (Å²) in [7, 11) is 1.75. The fraction of sp³-hybridized carbons (Fsp3) is 0.407. The molecule has 0 unspecified atom stereocenters. The molecule has 2 aromatic heterocycles. The van der Waals surface area contributed by atoms with Gasteiger partial charge in [0.05, 0.1) is 7.11 Å². The van der Waals surface area contributed by atoms with Crippen molar-refractivity contribution < 1.29 is 4.74 Å². The highest BCUT2D eigenvalue weighted by Crippen LogP contribution is 2.39. The third kappa shape index (κ3) is 3.45. The summed E-state index contributed by atoms with van der Waals surface area (Å²) >= 11 is 0. The van der Waals surface area contributed by atoms with Crippen LogP contribution in [0, 0.1) is 0 Å². The number of aromatic amines is 2. The van der Waals surface area contributed by atoms with Crippen molar-refractivity contribution in [3.8, 4) is 5.75 Å². The fourth-order valence-electron chi connectivity index (χ4n) is 6.01. The number of anilines is 1. The number of benzene rings is 2. The lowest BCUT2D eigenvalue weighted by Crippen LogP contribution is -2.51. The minimum atomic E-state index is 0.652. The average molecular weight is 429 g/mol. The summed E-state index contributed by atoms with van der Waals surface area (Å²) in [6, 6.07) is 15.9. The fourth-order valence-corrected chi connectivity index (χ4v) is 6.01. The lowest BCUT2D eigenvalue weighted by molar-refractivity contribution is 0.141. The second-order valence-electron chi connectivity index (χ2n) is 9.40. The Morgan fingerprint density at radius 3 is 2.47 bits per heavy atom. The van der Waals surface area contributed by atoms with Crippen LogP contribution in [0.4, 0.5) is 5.69 Å². The lowest BCUT2D eigenvalue weighted by Gasteiger charge is -2.42. The van der Waals surface area contributed by atoms with Crippen molar-refractivity contribution in [2.75, 3.05) is 38.2 Å². The summed E-state index contributed by atoms with van der Waals surface area (Å²) in [6.07, 6.45) is 9.43. The van der Waals surface area contributed by atoms with Crippen molar-refractivity contribution in [2.24, 2.45) is 0 Å². The van der Waals surface area contributed by atoms with Gasteiger partial charge >= 0.3 is 0 Å². The summed E-state index contributed by atoms with van der Waals surface area (Å²) in [5.41, 5.74) is 5.30. The third-order valence-electron chi connectivity index (χ3n) is 7.80. The Hall–Kier alpha value is -2.92. The minimum Gasteiger partial charge on any atom is -0.497 e. The van der Waals surface area contributed by atoms with Gasteiger partial charge in [0.2, 0.25) is 0 Å². The largest absolute Gasteiger partial charge is 0.497 e. The molecular weight excluding hydrogens is 396 g/mol. The number of methoxy groups -OCH3 is 1. The van der Waals surface area contributed by atoms with Gasteiger partial charge in [0.25, 0.3) is 0 Å². The first-order valence-electron chi connectivity index (χ1n) is 12.0. The average Bonchev–Trinajstić information content (AvgIpc) is 3.51. The van der Waals surface area contributed by atoms with Crippen LogP contribution in [-0.4, -0.2) is 54.2 Å². The minimum absolute atomic E-state index is 0.652. The van der Waals surface area contributed by atoms with E-state index in [0.29, 0.717) is 5.92 Å². The van der Waals surface area contributed by atoms with Crippen LogP contribution in [0.3, 0.4) is 0 Å². The molecule has 3 heterocycles. The predicted molar refractivity (Wildman–Crippen MR) is 132 cm³/mol. The van der Waals surface area contributed by atoms with Gasteiger partial charge in [-0.05, 0) is 73.6 Å². The van der Waals surface area contributed by atoms with Crippen LogP contribution in [0.25, 0.3) is 21.8 Å². The zero-order chi connectivity index (χ0) is 21.5. The van der Waals surface area contributed by atoms with Gasteiger partial charge in [-0.2, -0.15) is 0 Å². The number of piperazine rings is 1. The van der Waals surface area contributed by atoms with E-state index in [1.54, 1.807) is 7.11 Å². The van der Waals surface area contributed by atoms with Gasteiger partial charge in [-0.3, -0.25) is 4.90 Å². The summed E-state index contributed by atoms with van der Waals surface area (Å²) in [6.45, 7) is 4.57. The number of ether oxygens (including phenoxy) is 1. The van der Waals surface area contributed by atoms with E-state index in [1.165, 1.54) is 71.8 Å². The molecular formula is C27H32N4O. The Bertz CT molecular complexity index is 1210. The van der Waals surface area contributed by atoms with E-state index >= 15 is 0 Å². The van der Waals surface area contributed by atoms with E-state index in [9.17, 15) is 0 Å². The first kappa shape index (κ1) is 19.7. The van der Waals surface area contributed by atoms with Gasteiger partial charge in [0.15, 0.2) is 0 Å². The Balaban J connectivity index is 1.09. The van der Waals surface area contributed by atoms with Crippen molar-refractivity contribution in [1.82, 2.24) is 14.9 Å². The number of H-pyrrole nitrogens is 2. The molecule has 0 amide bonds. The maximum atomic E-state index is 5.46. The van der Waals surface area contributed by atoms with Crippen molar-refractivity contribution >= 4 is 27.5 Å². The molecule has 1 saturated heterocycles. The van der Waals surface area contributed by atoms with Crippen LogP contribution in [0.5, 0.6) is 5.75 Å². The van der Waals surface area contributed by atoms with Crippen LogP contribution in [0.15, 0.2) is 54.9 Å². The molecule has 166 valence electrons. The number of fused-ring (bicyclic) bond motifs is 2. The molecule has 2 aromatic carbocycles. The topological polar surface area (TPSA) is 47.3 Å². The van der Waals surface area contributed by atoms with Crippen molar-refractivity contribution in [2.45, 2.75) is 37.6 Å². The molecule has 32 heavy (non-hydrogen) atoms. The molecule has 1 aliphatic heterocycles. The normalized spacial score (nSPS) is 22.6. The van der Waals surface area contributed by atoms with E-state index in [0.717, 1.165) is 24.9 Å².